The molecule has 0 amide bonds. The van der Waals surface area contributed by atoms with Crippen molar-refractivity contribution in [3.8, 4) is 11.4 Å². The van der Waals surface area contributed by atoms with Gasteiger partial charge in [-0.1, -0.05) is 17.8 Å². The molecule has 0 radical (unpaired) electrons. The average molecular weight is 371 g/mol. The first kappa shape index (κ1) is 19.1. The molecule has 2 N–H and O–H groups in total. The molecule has 24 heavy (non-hydrogen) atoms. The Kier molecular flexibility index (Phi) is 7.36. The second-order valence-electron chi connectivity index (χ2n) is 5.44. The SMILES string of the molecule is COc1cccc(-n2c(CN)nnc2SCC2CCCCO2)c1.Cl. The molecule has 3 rings (SSSR count). The van der Waals surface area contributed by atoms with Gasteiger partial charge in [0.2, 0.25) is 0 Å². The fraction of sp³-hybridized carbons (Fsp3) is 0.500. The van der Waals surface area contributed by atoms with Crippen LogP contribution in [0, 0.1) is 0 Å². The van der Waals surface area contributed by atoms with Crippen LogP contribution in [0.4, 0.5) is 0 Å². The van der Waals surface area contributed by atoms with Gasteiger partial charge in [-0.15, -0.1) is 22.6 Å². The van der Waals surface area contributed by atoms with E-state index in [1.54, 1.807) is 18.9 Å². The van der Waals surface area contributed by atoms with Crippen LogP contribution in [0.1, 0.15) is 25.1 Å². The third kappa shape index (κ3) is 4.42. The van der Waals surface area contributed by atoms with Crippen molar-refractivity contribution in [2.24, 2.45) is 5.73 Å². The van der Waals surface area contributed by atoms with E-state index in [2.05, 4.69) is 10.2 Å². The number of hydrogen-bond acceptors (Lipinski definition) is 6. The van der Waals surface area contributed by atoms with Crippen molar-refractivity contribution in [3.63, 3.8) is 0 Å². The first-order valence-corrected chi connectivity index (χ1v) is 8.83. The Morgan fingerprint density at radius 1 is 1.38 bits per heavy atom. The summed E-state index contributed by atoms with van der Waals surface area (Å²) in [6.07, 6.45) is 3.82. The summed E-state index contributed by atoms with van der Waals surface area (Å²) in [5.41, 5.74) is 6.78. The van der Waals surface area contributed by atoms with E-state index in [-0.39, 0.29) is 12.4 Å². The summed E-state index contributed by atoms with van der Waals surface area (Å²) < 4.78 is 13.1. The minimum atomic E-state index is 0. The lowest BCUT2D eigenvalue weighted by molar-refractivity contribution is 0.0315. The van der Waals surface area contributed by atoms with Crippen LogP contribution < -0.4 is 10.5 Å². The molecule has 2 aromatic rings. The van der Waals surface area contributed by atoms with E-state index in [4.69, 9.17) is 15.2 Å². The summed E-state index contributed by atoms with van der Waals surface area (Å²) in [5, 5.41) is 9.36. The number of thioether (sulfide) groups is 1. The van der Waals surface area contributed by atoms with Crippen molar-refractivity contribution in [1.29, 1.82) is 0 Å². The Morgan fingerprint density at radius 2 is 2.25 bits per heavy atom. The quantitative estimate of drug-likeness (QED) is 0.788. The number of ether oxygens (including phenoxy) is 2. The molecule has 8 heteroatoms. The van der Waals surface area contributed by atoms with Gasteiger partial charge in [0.25, 0.3) is 0 Å². The van der Waals surface area contributed by atoms with Gasteiger partial charge >= 0.3 is 0 Å². The molecule has 2 heterocycles. The van der Waals surface area contributed by atoms with Gasteiger partial charge in [0.15, 0.2) is 11.0 Å². The second kappa shape index (κ2) is 9.27. The van der Waals surface area contributed by atoms with Gasteiger partial charge in [-0.2, -0.15) is 0 Å². The van der Waals surface area contributed by atoms with Crippen LogP contribution in [0.5, 0.6) is 5.75 Å². The molecule has 0 bridgehead atoms. The third-order valence-corrected chi connectivity index (χ3v) is 4.93. The van der Waals surface area contributed by atoms with Crippen molar-refractivity contribution >= 4 is 24.2 Å². The van der Waals surface area contributed by atoms with Gasteiger partial charge in [-0.25, -0.2) is 0 Å². The monoisotopic (exact) mass is 370 g/mol. The molecule has 6 nitrogen and oxygen atoms in total. The number of halogens is 1. The average Bonchev–Trinajstić information content (AvgIpc) is 3.04. The highest BCUT2D eigenvalue weighted by Crippen LogP contribution is 2.27. The summed E-state index contributed by atoms with van der Waals surface area (Å²) in [7, 11) is 1.66. The molecule has 132 valence electrons. The molecule has 1 aromatic carbocycles. The van der Waals surface area contributed by atoms with Crippen LogP contribution in [-0.2, 0) is 11.3 Å². The predicted molar refractivity (Wildman–Crippen MR) is 97.4 cm³/mol. The fourth-order valence-corrected chi connectivity index (χ4v) is 3.68. The topological polar surface area (TPSA) is 75.2 Å². The highest BCUT2D eigenvalue weighted by molar-refractivity contribution is 7.99. The zero-order valence-corrected chi connectivity index (χ0v) is 15.3. The van der Waals surface area contributed by atoms with Crippen molar-refractivity contribution < 1.29 is 9.47 Å². The third-order valence-electron chi connectivity index (χ3n) is 3.87. The standard InChI is InChI=1S/C16H22N4O2S.ClH/c1-21-13-7-4-5-12(9-13)20-15(10-17)18-19-16(20)23-11-14-6-2-3-8-22-14;/h4-5,7,9,14H,2-3,6,8,10-11,17H2,1H3;1H. The Balaban J connectivity index is 0.00000208. The molecule has 1 aromatic heterocycles. The molecule has 0 aliphatic carbocycles. The van der Waals surface area contributed by atoms with Gasteiger partial charge in [0.05, 0.1) is 25.4 Å². The van der Waals surface area contributed by atoms with Crippen molar-refractivity contribution in [1.82, 2.24) is 14.8 Å². The van der Waals surface area contributed by atoms with E-state index in [1.807, 2.05) is 28.8 Å². The largest absolute Gasteiger partial charge is 0.497 e. The van der Waals surface area contributed by atoms with E-state index in [1.165, 1.54) is 12.8 Å². The summed E-state index contributed by atoms with van der Waals surface area (Å²) in [6.45, 7) is 1.20. The van der Waals surface area contributed by atoms with Crippen LogP contribution in [-0.4, -0.2) is 40.3 Å². The maximum atomic E-state index is 5.82. The molecule has 0 saturated carbocycles. The van der Waals surface area contributed by atoms with Crippen LogP contribution in [0.15, 0.2) is 29.4 Å². The Morgan fingerprint density at radius 3 is 2.96 bits per heavy atom. The highest BCUT2D eigenvalue weighted by Gasteiger charge is 2.18. The number of benzene rings is 1. The Labute approximate surface area is 152 Å². The van der Waals surface area contributed by atoms with E-state index in [9.17, 15) is 0 Å². The smallest absolute Gasteiger partial charge is 0.195 e. The molecular formula is C16H23ClN4O2S. The predicted octanol–water partition coefficient (Wildman–Crippen LogP) is 2.82. The van der Waals surface area contributed by atoms with Gasteiger partial charge in [-0.05, 0) is 31.4 Å². The molecule has 1 fully saturated rings. The Bertz CT molecular complexity index is 647. The minimum Gasteiger partial charge on any atom is -0.497 e. The summed E-state index contributed by atoms with van der Waals surface area (Å²) >= 11 is 1.67. The van der Waals surface area contributed by atoms with Crippen LogP contribution in [0.25, 0.3) is 5.69 Å². The number of aromatic nitrogens is 3. The van der Waals surface area contributed by atoms with E-state index < -0.39 is 0 Å². The normalized spacial score (nSPS) is 17.3. The highest BCUT2D eigenvalue weighted by atomic mass is 35.5. The molecular weight excluding hydrogens is 348 g/mol. The first-order chi connectivity index (χ1) is 11.3. The van der Waals surface area contributed by atoms with Gasteiger partial charge in [-0.3, -0.25) is 4.57 Å². The molecule has 1 saturated heterocycles. The van der Waals surface area contributed by atoms with Crippen LogP contribution in [0.2, 0.25) is 0 Å². The molecule has 1 unspecified atom stereocenters. The summed E-state index contributed by atoms with van der Waals surface area (Å²) in [6, 6.07) is 7.84. The van der Waals surface area contributed by atoms with Crippen molar-refractivity contribution in [3.05, 3.63) is 30.1 Å². The van der Waals surface area contributed by atoms with Crippen molar-refractivity contribution in [2.45, 2.75) is 37.1 Å². The van der Waals surface area contributed by atoms with Crippen LogP contribution in [0.3, 0.4) is 0 Å². The zero-order valence-electron chi connectivity index (χ0n) is 13.7. The molecule has 0 spiro atoms. The first-order valence-electron chi connectivity index (χ1n) is 7.85. The number of nitrogens with zero attached hydrogens (tertiary/aromatic N) is 3. The number of methoxy groups -OCH3 is 1. The number of hydrogen-bond donors (Lipinski definition) is 1. The minimum absolute atomic E-state index is 0. The maximum absolute atomic E-state index is 5.82. The summed E-state index contributed by atoms with van der Waals surface area (Å²) in [4.78, 5) is 0. The van der Waals surface area contributed by atoms with E-state index in [0.717, 1.165) is 41.2 Å². The van der Waals surface area contributed by atoms with Gasteiger partial charge in [0, 0.05) is 18.4 Å². The molecule has 1 aliphatic rings. The number of rotatable bonds is 6. The van der Waals surface area contributed by atoms with E-state index >= 15 is 0 Å². The van der Waals surface area contributed by atoms with Gasteiger partial charge in [0.1, 0.15) is 5.75 Å². The van der Waals surface area contributed by atoms with Crippen LogP contribution >= 0.6 is 24.2 Å². The Hall–Kier alpha value is -1.28. The summed E-state index contributed by atoms with van der Waals surface area (Å²) in [5.74, 6) is 2.42. The lowest BCUT2D eigenvalue weighted by atomic mass is 10.1. The lowest BCUT2D eigenvalue weighted by Crippen LogP contribution is -2.21. The van der Waals surface area contributed by atoms with E-state index in [0.29, 0.717) is 12.6 Å². The lowest BCUT2D eigenvalue weighted by Gasteiger charge is -2.22. The molecule has 1 atom stereocenters. The van der Waals surface area contributed by atoms with Crippen molar-refractivity contribution in [2.75, 3.05) is 19.5 Å². The van der Waals surface area contributed by atoms with Gasteiger partial charge < -0.3 is 15.2 Å². The molecule has 1 aliphatic heterocycles. The maximum Gasteiger partial charge on any atom is 0.195 e. The zero-order chi connectivity index (χ0) is 16.1. The fourth-order valence-electron chi connectivity index (χ4n) is 2.64. The number of nitrogens with two attached hydrogens (primary N) is 1. The second-order valence-corrected chi connectivity index (χ2v) is 6.43.